The largest absolute Gasteiger partial charge is 0.466 e. The predicted molar refractivity (Wildman–Crippen MR) is 62.5 cm³/mol. The number of hydrogen-bond donors (Lipinski definition) is 1. The molecule has 1 aromatic rings. The molecule has 0 saturated heterocycles. The standard InChI is InChI=1S/C12H13N3O3/c1-2-18-11(16)5-6-14-12(17)10-4-3-9(7-13)8-15-10/h3-4,8H,2,5-6H2,1H3,(H,14,17). The van der Waals surface area contributed by atoms with Gasteiger partial charge >= 0.3 is 5.97 Å². The summed E-state index contributed by atoms with van der Waals surface area (Å²) in [6, 6.07) is 4.87. The third kappa shape index (κ3) is 4.22. The molecule has 0 aromatic carbocycles. The van der Waals surface area contributed by atoms with Crippen LogP contribution in [0.4, 0.5) is 0 Å². The molecular weight excluding hydrogens is 234 g/mol. The lowest BCUT2D eigenvalue weighted by molar-refractivity contribution is -0.142. The van der Waals surface area contributed by atoms with Gasteiger partial charge in [0.2, 0.25) is 0 Å². The van der Waals surface area contributed by atoms with Crippen LogP contribution in [0.15, 0.2) is 18.3 Å². The molecule has 0 aliphatic heterocycles. The van der Waals surface area contributed by atoms with Gasteiger partial charge < -0.3 is 10.1 Å². The van der Waals surface area contributed by atoms with Gasteiger partial charge in [0, 0.05) is 12.7 Å². The van der Waals surface area contributed by atoms with Gasteiger partial charge in [-0.3, -0.25) is 9.59 Å². The van der Waals surface area contributed by atoms with Crippen molar-refractivity contribution in [3.05, 3.63) is 29.6 Å². The van der Waals surface area contributed by atoms with Crippen LogP contribution >= 0.6 is 0 Å². The maximum Gasteiger partial charge on any atom is 0.307 e. The van der Waals surface area contributed by atoms with Crippen molar-refractivity contribution in [3.63, 3.8) is 0 Å². The molecule has 94 valence electrons. The zero-order chi connectivity index (χ0) is 13.4. The molecule has 1 N–H and O–H groups in total. The van der Waals surface area contributed by atoms with Gasteiger partial charge in [-0.15, -0.1) is 0 Å². The number of hydrogen-bond acceptors (Lipinski definition) is 5. The molecule has 0 aliphatic carbocycles. The van der Waals surface area contributed by atoms with Crippen molar-refractivity contribution < 1.29 is 14.3 Å². The van der Waals surface area contributed by atoms with Crippen LogP contribution in [-0.2, 0) is 9.53 Å². The molecule has 0 spiro atoms. The van der Waals surface area contributed by atoms with Crippen LogP contribution in [0, 0.1) is 11.3 Å². The van der Waals surface area contributed by atoms with E-state index >= 15 is 0 Å². The van der Waals surface area contributed by atoms with Crippen molar-refractivity contribution in [1.29, 1.82) is 5.26 Å². The van der Waals surface area contributed by atoms with Crippen molar-refractivity contribution in [1.82, 2.24) is 10.3 Å². The summed E-state index contributed by atoms with van der Waals surface area (Å²) in [4.78, 5) is 26.4. The van der Waals surface area contributed by atoms with Crippen molar-refractivity contribution in [2.75, 3.05) is 13.2 Å². The summed E-state index contributed by atoms with van der Waals surface area (Å²) in [5.74, 6) is -0.741. The Labute approximate surface area is 105 Å². The Morgan fingerprint density at radius 3 is 2.83 bits per heavy atom. The summed E-state index contributed by atoms with van der Waals surface area (Å²) < 4.78 is 4.72. The summed E-state index contributed by atoms with van der Waals surface area (Å²) in [5, 5.41) is 11.1. The molecule has 1 rings (SSSR count). The first-order valence-corrected chi connectivity index (χ1v) is 5.47. The normalized spacial score (nSPS) is 9.33. The lowest BCUT2D eigenvalue weighted by Crippen LogP contribution is -2.27. The molecule has 0 fully saturated rings. The highest BCUT2D eigenvalue weighted by atomic mass is 16.5. The van der Waals surface area contributed by atoms with Gasteiger partial charge in [-0.1, -0.05) is 0 Å². The summed E-state index contributed by atoms with van der Waals surface area (Å²) in [7, 11) is 0. The molecule has 0 unspecified atom stereocenters. The first kappa shape index (κ1) is 13.6. The Kier molecular flexibility index (Phi) is 5.32. The third-order valence-corrected chi connectivity index (χ3v) is 2.05. The molecule has 1 amide bonds. The SMILES string of the molecule is CCOC(=O)CCNC(=O)c1ccc(C#N)cn1. The summed E-state index contributed by atoms with van der Waals surface area (Å²) in [5.41, 5.74) is 0.593. The van der Waals surface area contributed by atoms with Crippen molar-refractivity contribution in [3.8, 4) is 6.07 Å². The molecule has 1 heterocycles. The van der Waals surface area contributed by atoms with Crippen LogP contribution in [0.25, 0.3) is 0 Å². The second-order valence-electron chi connectivity index (χ2n) is 3.35. The Morgan fingerprint density at radius 1 is 1.50 bits per heavy atom. The molecule has 18 heavy (non-hydrogen) atoms. The van der Waals surface area contributed by atoms with Gasteiger partial charge in [0.15, 0.2) is 0 Å². The van der Waals surface area contributed by atoms with Crippen LogP contribution in [-0.4, -0.2) is 30.0 Å². The van der Waals surface area contributed by atoms with E-state index in [2.05, 4.69) is 10.3 Å². The highest BCUT2D eigenvalue weighted by molar-refractivity contribution is 5.92. The number of pyridine rings is 1. The average molecular weight is 247 g/mol. The van der Waals surface area contributed by atoms with E-state index in [0.717, 1.165) is 0 Å². The van der Waals surface area contributed by atoms with E-state index < -0.39 is 0 Å². The molecule has 1 aromatic heterocycles. The number of carbonyl (C=O) groups is 2. The highest BCUT2D eigenvalue weighted by Crippen LogP contribution is 1.98. The number of aromatic nitrogens is 1. The van der Waals surface area contributed by atoms with Gasteiger partial charge in [0.1, 0.15) is 11.8 Å². The highest BCUT2D eigenvalue weighted by Gasteiger charge is 2.08. The first-order valence-electron chi connectivity index (χ1n) is 5.47. The quantitative estimate of drug-likeness (QED) is 0.771. The minimum Gasteiger partial charge on any atom is -0.466 e. The second kappa shape index (κ2) is 7.01. The maximum absolute atomic E-state index is 11.6. The molecule has 6 nitrogen and oxygen atoms in total. The number of nitrogens with zero attached hydrogens (tertiary/aromatic N) is 2. The van der Waals surface area contributed by atoms with Crippen LogP contribution in [0.5, 0.6) is 0 Å². The Hall–Kier alpha value is -2.42. The van der Waals surface area contributed by atoms with Gasteiger partial charge in [-0.2, -0.15) is 5.26 Å². The minimum atomic E-state index is -0.385. The van der Waals surface area contributed by atoms with Gasteiger partial charge in [0.25, 0.3) is 5.91 Å². The Bertz CT molecular complexity index is 462. The average Bonchev–Trinajstić information content (AvgIpc) is 2.39. The molecule has 6 heteroatoms. The van der Waals surface area contributed by atoms with E-state index in [1.807, 2.05) is 6.07 Å². The zero-order valence-corrected chi connectivity index (χ0v) is 9.97. The Balaban J connectivity index is 2.41. The van der Waals surface area contributed by atoms with Gasteiger partial charge in [-0.05, 0) is 19.1 Å². The molecule has 0 radical (unpaired) electrons. The fourth-order valence-electron chi connectivity index (χ4n) is 1.20. The number of ether oxygens (including phenoxy) is 1. The number of nitriles is 1. The van der Waals surface area contributed by atoms with Gasteiger partial charge in [-0.25, -0.2) is 4.98 Å². The molecule has 0 aliphatic rings. The van der Waals surface area contributed by atoms with Crippen LogP contribution in [0.1, 0.15) is 29.4 Å². The minimum absolute atomic E-state index is 0.121. The number of rotatable bonds is 5. The van der Waals surface area contributed by atoms with Crippen molar-refractivity contribution in [2.24, 2.45) is 0 Å². The van der Waals surface area contributed by atoms with Crippen molar-refractivity contribution in [2.45, 2.75) is 13.3 Å². The number of nitrogens with one attached hydrogen (secondary N) is 1. The fraction of sp³-hybridized carbons (Fsp3) is 0.333. The summed E-state index contributed by atoms with van der Waals surface area (Å²) in [6.07, 6.45) is 1.44. The zero-order valence-electron chi connectivity index (χ0n) is 9.97. The number of amides is 1. The van der Waals surface area contributed by atoms with Gasteiger partial charge in [0.05, 0.1) is 18.6 Å². The smallest absolute Gasteiger partial charge is 0.307 e. The topological polar surface area (TPSA) is 92.1 Å². The molecule has 0 atom stereocenters. The monoisotopic (exact) mass is 247 g/mol. The molecular formula is C12H13N3O3. The maximum atomic E-state index is 11.6. The summed E-state index contributed by atoms with van der Waals surface area (Å²) in [6.45, 7) is 2.24. The number of esters is 1. The Morgan fingerprint density at radius 2 is 2.28 bits per heavy atom. The van der Waals surface area contributed by atoms with E-state index in [4.69, 9.17) is 10.00 Å². The molecule has 0 bridgehead atoms. The van der Waals surface area contributed by atoms with Crippen LogP contribution in [0.3, 0.4) is 0 Å². The second-order valence-corrected chi connectivity index (χ2v) is 3.35. The summed E-state index contributed by atoms with van der Waals surface area (Å²) >= 11 is 0. The number of carbonyl (C=O) groups excluding carboxylic acids is 2. The van der Waals surface area contributed by atoms with E-state index in [1.165, 1.54) is 18.3 Å². The van der Waals surface area contributed by atoms with E-state index in [1.54, 1.807) is 6.92 Å². The van der Waals surface area contributed by atoms with E-state index in [-0.39, 0.29) is 30.5 Å². The third-order valence-electron chi connectivity index (χ3n) is 2.05. The fourth-order valence-corrected chi connectivity index (χ4v) is 1.20. The predicted octanol–water partition coefficient (Wildman–Crippen LogP) is 0.636. The van der Waals surface area contributed by atoms with Crippen LogP contribution in [0.2, 0.25) is 0 Å². The lowest BCUT2D eigenvalue weighted by Gasteiger charge is -2.04. The first-order chi connectivity index (χ1) is 8.67. The van der Waals surface area contributed by atoms with Crippen molar-refractivity contribution >= 4 is 11.9 Å². The van der Waals surface area contributed by atoms with Crippen LogP contribution < -0.4 is 5.32 Å². The lowest BCUT2D eigenvalue weighted by atomic mass is 10.2. The molecule has 0 saturated carbocycles. The van der Waals surface area contributed by atoms with E-state index in [0.29, 0.717) is 12.2 Å². The van der Waals surface area contributed by atoms with E-state index in [9.17, 15) is 9.59 Å².